The molecule has 4 saturated carbocycles. The molecule has 1 atom stereocenters. The summed E-state index contributed by atoms with van der Waals surface area (Å²) in [6.07, 6.45) is 9.81. The van der Waals surface area contributed by atoms with E-state index in [1.165, 1.54) is 38.5 Å². The Morgan fingerprint density at radius 2 is 1.72 bits per heavy atom. The number of amides is 2. The molecule has 172 valence electrons. The Hall–Kier alpha value is -1.82. The first-order valence-electron chi connectivity index (χ1n) is 12.5. The lowest BCUT2D eigenvalue weighted by Gasteiger charge is -2.59. The molecule has 5 aliphatic rings. The number of thiophene rings is 1. The minimum Gasteiger partial charge on any atom is -0.353 e. The molecule has 0 unspecified atom stereocenters. The lowest BCUT2D eigenvalue weighted by Crippen LogP contribution is -2.57. The SMILES string of the molecule is C[C@@H](NC(=O)C1CCN(C(=O)c2cc3sccc3n2C)CC1)C12CC3CC(CC(C3)C1)C2. The van der Waals surface area contributed by atoms with Crippen molar-refractivity contribution in [2.24, 2.45) is 36.1 Å². The molecule has 3 heterocycles. The first-order valence-corrected chi connectivity index (χ1v) is 13.4. The van der Waals surface area contributed by atoms with Crippen LogP contribution in [0.3, 0.4) is 0 Å². The molecular formula is C26H35N3O2S. The van der Waals surface area contributed by atoms with Gasteiger partial charge in [0.1, 0.15) is 5.69 Å². The molecule has 0 spiro atoms. The van der Waals surface area contributed by atoms with E-state index in [9.17, 15) is 9.59 Å². The third kappa shape index (κ3) is 3.32. The first-order chi connectivity index (χ1) is 15.4. The highest BCUT2D eigenvalue weighted by Gasteiger charge is 2.53. The molecule has 2 aromatic rings. The minimum absolute atomic E-state index is 0.0346. The van der Waals surface area contributed by atoms with Crippen LogP contribution in [-0.2, 0) is 11.8 Å². The summed E-state index contributed by atoms with van der Waals surface area (Å²) in [5.74, 6) is 3.07. The predicted molar refractivity (Wildman–Crippen MR) is 128 cm³/mol. The van der Waals surface area contributed by atoms with E-state index in [1.54, 1.807) is 11.3 Å². The number of nitrogens with one attached hydrogen (secondary N) is 1. The molecule has 5 fully saturated rings. The van der Waals surface area contributed by atoms with Gasteiger partial charge >= 0.3 is 0 Å². The number of carbonyl (C=O) groups is 2. The fourth-order valence-corrected chi connectivity index (χ4v) is 8.80. The molecule has 0 aromatic carbocycles. The lowest BCUT2D eigenvalue weighted by atomic mass is 9.48. The van der Waals surface area contributed by atoms with Gasteiger partial charge in [0, 0.05) is 32.1 Å². The molecular weight excluding hydrogens is 418 g/mol. The maximum Gasteiger partial charge on any atom is 0.270 e. The summed E-state index contributed by atoms with van der Waals surface area (Å²) in [5.41, 5.74) is 2.22. The zero-order chi connectivity index (χ0) is 22.0. The molecule has 2 aromatic heterocycles. The van der Waals surface area contributed by atoms with Crippen molar-refractivity contribution in [2.45, 2.75) is 64.3 Å². The number of rotatable bonds is 4. The number of hydrogen-bond donors (Lipinski definition) is 1. The van der Waals surface area contributed by atoms with Gasteiger partial charge < -0.3 is 14.8 Å². The van der Waals surface area contributed by atoms with Crippen molar-refractivity contribution in [1.29, 1.82) is 0 Å². The monoisotopic (exact) mass is 453 g/mol. The van der Waals surface area contributed by atoms with E-state index < -0.39 is 0 Å². The number of aryl methyl sites for hydroxylation is 1. The van der Waals surface area contributed by atoms with Gasteiger partial charge in [-0.1, -0.05) is 0 Å². The van der Waals surface area contributed by atoms with Crippen LogP contribution in [0, 0.1) is 29.1 Å². The summed E-state index contributed by atoms with van der Waals surface area (Å²) in [7, 11) is 1.97. The number of hydrogen-bond acceptors (Lipinski definition) is 3. The summed E-state index contributed by atoms with van der Waals surface area (Å²) in [4.78, 5) is 28.2. The number of aromatic nitrogens is 1. The van der Waals surface area contributed by atoms with Gasteiger partial charge in [-0.15, -0.1) is 11.3 Å². The molecule has 1 aliphatic heterocycles. The van der Waals surface area contributed by atoms with E-state index >= 15 is 0 Å². The van der Waals surface area contributed by atoms with Crippen LogP contribution < -0.4 is 5.32 Å². The molecule has 1 N–H and O–H groups in total. The van der Waals surface area contributed by atoms with Crippen LogP contribution in [-0.4, -0.2) is 40.4 Å². The van der Waals surface area contributed by atoms with Crippen LogP contribution >= 0.6 is 11.3 Å². The van der Waals surface area contributed by atoms with Crippen molar-refractivity contribution in [1.82, 2.24) is 14.8 Å². The number of carbonyl (C=O) groups excluding carboxylic acids is 2. The summed E-state index contributed by atoms with van der Waals surface area (Å²) >= 11 is 1.67. The second kappa shape index (κ2) is 7.61. The Labute approximate surface area is 194 Å². The Kier molecular flexibility index (Phi) is 4.94. The Morgan fingerprint density at radius 3 is 2.31 bits per heavy atom. The van der Waals surface area contributed by atoms with Crippen LogP contribution in [0.2, 0.25) is 0 Å². The zero-order valence-corrected chi connectivity index (χ0v) is 20.1. The molecule has 0 radical (unpaired) electrons. The van der Waals surface area contributed by atoms with E-state index in [2.05, 4.69) is 23.7 Å². The van der Waals surface area contributed by atoms with Gasteiger partial charge in [-0.3, -0.25) is 9.59 Å². The Balaban J connectivity index is 1.06. The van der Waals surface area contributed by atoms with Gasteiger partial charge in [0.15, 0.2) is 0 Å². The summed E-state index contributed by atoms with van der Waals surface area (Å²) < 4.78 is 3.16. The van der Waals surface area contributed by atoms with Crippen molar-refractivity contribution in [3.05, 3.63) is 23.2 Å². The number of piperidine rings is 1. The van der Waals surface area contributed by atoms with Crippen molar-refractivity contribution in [3.63, 3.8) is 0 Å². The van der Waals surface area contributed by atoms with Crippen LogP contribution in [0.15, 0.2) is 17.5 Å². The predicted octanol–water partition coefficient (Wildman–Crippen LogP) is 4.81. The highest BCUT2D eigenvalue weighted by molar-refractivity contribution is 7.17. The van der Waals surface area contributed by atoms with E-state index in [0.29, 0.717) is 18.5 Å². The Morgan fingerprint density at radius 1 is 1.09 bits per heavy atom. The third-order valence-electron chi connectivity index (χ3n) is 9.40. The van der Waals surface area contributed by atoms with Gasteiger partial charge in [-0.25, -0.2) is 0 Å². The summed E-state index contributed by atoms with van der Waals surface area (Å²) in [5, 5.41) is 5.52. The molecule has 32 heavy (non-hydrogen) atoms. The van der Waals surface area contributed by atoms with Crippen molar-refractivity contribution in [2.75, 3.05) is 13.1 Å². The highest BCUT2D eigenvalue weighted by Crippen LogP contribution is 2.61. The fraction of sp³-hybridized carbons (Fsp3) is 0.692. The first kappa shape index (κ1) is 20.8. The maximum absolute atomic E-state index is 13.2. The number of nitrogens with zero attached hydrogens (tertiary/aromatic N) is 2. The Bertz CT molecular complexity index is 1010. The summed E-state index contributed by atoms with van der Waals surface area (Å²) in [6.45, 7) is 3.60. The lowest BCUT2D eigenvalue weighted by molar-refractivity contribution is -0.131. The minimum atomic E-state index is 0.0346. The second-order valence-corrected chi connectivity index (χ2v) is 12.3. The average Bonchev–Trinajstić information content (AvgIpc) is 3.35. The van der Waals surface area contributed by atoms with Gasteiger partial charge in [0.2, 0.25) is 5.91 Å². The molecule has 6 heteroatoms. The van der Waals surface area contributed by atoms with Crippen molar-refractivity contribution in [3.8, 4) is 0 Å². The molecule has 1 saturated heterocycles. The standard InChI is InChI=1S/C26H35N3O2S/c1-16(26-13-17-9-18(14-26)11-19(10-17)15-26)27-24(30)20-3-6-29(7-4-20)25(31)22-12-23-21(28(22)2)5-8-32-23/h5,8,12,16-20H,3-4,6-7,9-11,13-15H2,1-2H3,(H,27,30)/t16-,17?,18?,19?,26?/m1/s1. The van der Waals surface area contributed by atoms with Crippen molar-refractivity contribution >= 4 is 33.4 Å². The average molecular weight is 454 g/mol. The van der Waals surface area contributed by atoms with E-state index in [4.69, 9.17) is 0 Å². The maximum atomic E-state index is 13.2. The van der Waals surface area contributed by atoms with E-state index in [0.717, 1.165) is 46.5 Å². The van der Waals surface area contributed by atoms with Gasteiger partial charge in [-0.2, -0.15) is 0 Å². The normalized spacial score (nSPS) is 33.1. The van der Waals surface area contributed by atoms with E-state index in [1.807, 2.05) is 22.6 Å². The van der Waals surface area contributed by atoms with Crippen LogP contribution in [0.25, 0.3) is 10.2 Å². The quantitative estimate of drug-likeness (QED) is 0.722. The third-order valence-corrected chi connectivity index (χ3v) is 10.3. The molecule has 5 nitrogen and oxygen atoms in total. The largest absolute Gasteiger partial charge is 0.353 e. The van der Waals surface area contributed by atoms with Gasteiger partial charge in [-0.05, 0) is 99.0 Å². The summed E-state index contributed by atoms with van der Waals surface area (Å²) in [6, 6.07) is 4.35. The van der Waals surface area contributed by atoms with Crippen LogP contribution in [0.5, 0.6) is 0 Å². The zero-order valence-electron chi connectivity index (χ0n) is 19.3. The van der Waals surface area contributed by atoms with Crippen molar-refractivity contribution < 1.29 is 9.59 Å². The van der Waals surface area contributed by atoms with Gasteiger partial charge in [0.25, 0.3) is 5.91 Å². The molecule has 4 bridgehead atoms. The highest BCUT2D eigenvalue weighted by atomic mass is 32.1. The number of likely N-dealkylation sites (tertiary alicyclic amines) is 1. The molecule has 7 rings (SSSR count). The van der Waals surface area contributed by atoms with Crippen LogP contribution in [0.1, 0.15) is 68.8 Å². The topological polar surface area (TPSA) is 54.3 Å². The van der Waals surface area contributed by atoms with E-state index in [-0.39, 0.29) is 23.8 Å². The number of fused-ring (bicyclic) bond motifs is 1. The molecule has 2 amide bonds. The molecule has 4 aliphatic carbocycles. The fourth-order valence-electron chi connectivity index (χ4n) is 7.95. The van der Waals surface area contributed by atoms with Gasteiger partial charge in [0.05, 0.1) is 10.2 Å². The smallest absolute Gasteiger partial charge is 0.270 e. The second-order valence-electron chi connectivity index (χ2n) is 11.3. The van der Waals surface area contributed by atoms with Crippen LogP contribution in [0.4, 0.5) is 0 Å².